The number of nitrogens with two attached hydrogens (primary N) is 1. The summed E-state index contributed by atoms with van der Waals surface area (Å²) < 4.78 is 0. The van der Waals surface area contributed by atoms with Gasteiger partial charge in [0.1, 0.15) is 0 Å². The summed E-state index contributed by atoms with van der Waals surface area (Å²) in [5.74, 6) is 0.749. The molecular weight excluding hydrogens is 319 g/mol. The molecule has 2 fully saturated rings. The second-order valence-electron chi connectivity index (χ2n) is 6.51. The maximum Gasteiger partial charge on any atom is 0.230 e. The fraction of sp³-hybridized carbons (Fsp3) is 0.588. The van der Waals surface area contributed by atoms with Crippen LogP contribution in [-0.2, 0) is 10.2 Å². The molecule has 5 heteroatoms. The second-order valence-corrected chi connectivity index (χ2v) is 6.94. The predicted molar refractivity (Wildman–Crippen MR) is 92.6 cm³/mol. The maximum atomic E-state index is 12.8. The van der Waals surface area contributed by atoms with Gasteiger partial charge in [0.25, 0.3) is 0 Å². The molecule has 1 amide bonds. The van der Waals surface area contributed by atoms with Gasteiger partial charge in [0.2, 0.25) is 5.91 Å². The van der Waals surface area contributed by atoms with Crippen molar-refractivity contribution in [3.63, 3.8) is 0 Å². The molecule has 0 bridgehead atoms. The van der Waals surface area contributed by atoms with Crippen molar-refractivity contribution in [3.8, 4) is 0 Å². The lowest BCUT2D eigenvalue weighted by Crippen LogP contribution is -2.47. The SMILES string of the molecule is Cl.NC(CNC(=O)C1(c2ccc(Cl)cc2)CCCC1)C1CC1. The molecule has 2 saturated carbocycles. The number of carbonyl (C=O) groups excluding carboxylic acids is 1. The minimum atomic E-state index is -0.381. The van der Waals surface area contributed by atoms with E-state index in [9.17, 15) is 4.79 Å². The van der Waals surface area contributed by atoms with E-state index in [-0.39, 0.29) is 29.8 Å². The molecule has 1 atom stereocenters. The molecule has 0 aromatic heterocycles. The summed E-state index contributed by atoms with van der Waals surface area (Å²) >= 11 is 5.97. The number of rotatable bonds is 5. The van der Waals surface area contributed by atoms with Crippen LogP contribution in [0.4, 0.5) is 0 Å². The predicted octanol–water partition coefficient (Wildman–Crippen LogP) is 3.43. The molecule has 0 heterocycles. The number of halogens is 2. The van der Waals surface area contributed by atoms with E-state index < -0.39 is 0 Å². The van der Waals surface area contributed by atoms with E-state index in [1.54, 1.807) is 0 Å². The summed E-state index contributed by atoms with van der Waals surface area (Å²) in [6.45, 7) is 0.596. The molecule has 2 aliphatic carbocycles. The highest BCUT2D eigenvalue weighted by atomic mass is 35.5. The van der Waals surface area contributed by atoms with Gasteiger partial charge in [-0.1, -0.05) is 36.6 Å². The van der Waals surface area contributed by atoms with Crippen molar-refractivity contribution in [2.24, 2.45) is 11.7 Å². The van der Waals surface area contributed by atoms with Crippen LogP contribution in [0.25, 0.3) is 0 Å². The lowest BCUT2D eigenvalue weighted by atomic mass is 9.78. The average Bonchev–Trinajstić information content (AvgIpc) is 3.23. The summed E-state index contributed by atoms with van der Waals surface area (Å²) in [6, 6.07) is 7.85. The van der Waals surface area contributed by atoms with Gasteiger partial charge >= 0.3 is 0 Å². The van der Waals surface area contributed by atoms with Crippen molar-refractivity contribution >= 4 is 29.9 Å². The first kappa shape index (κ1) is 17.6. The minimum absolute atomic E-state index is 0. The zero-order chi connectivity index (χ0) is 14.9. The molecule has 1 aromatic carbocycles. The fourth-order valence-electron chi connectivity index (χ4n) is 3.47. The third-order valence-corrected chi connectivity index (χ3v) is 5.27. The summed E-state index contributed by atoms with van der Waals surface area (Å²) in [4.78, 5) is 12.8. The lowest BCUT2D eigenvalue weighted by molar-refractivity contribution is -0.126. The van der Waals surface area contributed by atoms with Crippen molar-refractivity contribution in [3.05, 3.63) is 34.9 Å². The number of benzene rings is 1. The van der Waals surface area contributed by atoms with Crippen LogP contribution in [0, 0.1) is 5.92 Å². The Morgan fingerprint density at radius 1 is 1.27 bits per heavy atom. The Balaban J connectivity index is 0.00000176. The van der Waals surface area contributed by atoms with Crippen LogP contribution in [0.2, 0.25) is 5.02 Å². The van der Waals surface area contributed by atoms with Crippen LogP contribution in [-0.4, -0.2) is 18.5 Å². The number of amides is 1. The summed E-state index contributed by atoms with van der Waals surface area (Å²) in [6.07, 6.45) is 6.45. The first-order valence-corrected chi connectivity index (χ1v) is 8.29. The Morgan fingerprint density at radius 3 is 2.41 bits per heavy atom. The van der Waals surface area contributed by atoms with Gasteiger partial charge < -0.3 is 11.1 Å². The third kappa shape index (κ3) is 3.58. The molecule has 1 aromatic rings. The maximum absolute atomic E-state index is 12.8. The molecule has 0 saturated heterocycles. The van der Waals surface area contributed by atoms with Crippen molar-refractivity contribution < 1.29 is 4.79 Å². The van der Waals surface area contributed by atoms with Crippen LogP contribution in [0.15, 0.2) is 24.3 Å². The van der Waals surface area contributed by atoms with Gasteiger partial charge in [-0.25, -0.2) is 0 Å². The van der Waals surface area contributed by atoms with Crippen LogP contribution >= 0.6 is 24.0 Å². The standard InChI is InChI=1S/C17H23ClN2O.ClH/c18-14-7-5-13(6-8-14)17(9-1-2-10-17)16(21)20-11-15(19)12-3-4-12;/h5-8,12,15H,1-4,9-11,19H2,(H,20,21);1H. The topological polar surface area (TPSA) is 55.1 Å². The van der Waals surface area contributed by atoms with Crippen molar-refractivity contribution in [2.75, 3.05) is 6.54 Å². The Hall–Kier alpha value is -0.770. The molecule has 1 unspecified atom stereocenters. The number of hydrogen-bond donors (Lipinski definition) is 2. The van der Waals surface area contributed by atoms with E-state index in [0.29, 0.717) is 17.5 Å². The van der Waals surface area contributed by atoms with Crippen molar-refractivity contribution in [2.45, 2.75) is 50.0 Å². The highest BCUT2D eigenvalue weighted by Crippen LogP contribution is 2.41. The molecule has 3 nitrogen and oxygen atoms in total. The van der Waals surface area contributed by atoms with Crippen molar-refractivity contribution in [1.82, 2.24) is 5.32 Å². The molecule has 22 heavy (non-hydrogen) atoms. The van der Waals surface area contributed by atoms with E-state index in [1.165, 1.54) is 12.8 Å². The molecule has 3 N–H and O–H groups in total. The Kier molecular flexibility index (Phi) is 5.76. The monoisotopic (exact) mass is 342 g/mol. The van der Waals surface area contributed by atoms with E-state index in [2.05, 4.69) is 5.32 Å². The smallest absolute Gasteiger partial charge is 0.230 e. The van der Waals surface area contributed by atoms with Crippen LogP contribution < -0.4 is 11.1 Å². The normalized spacial score (nSPS) is 21.0. The van der Waals surface area contributed by atoms with Gasteiger partial charge in [0, 0.05) is 17.6 Å². The zero-order valence-corrected chi connectivity index (χ0v) is 14.3. The first-order chi connectivity index (χ1) is 10.1. The summed E-state index contributed by atoms with van der Waals surface area (Å²) in [5.41, 5.74) is 6.80. The lowest BCUT2D eigenvalue weighted by Gasteiger charge is -2.29. The number of hydrogen-bond acceptors (Lipinski definition) is 2. The highest BCUT2D eigenvalue weighted by Gasteiger charge is 2.42. The van der Waals surface area contributed by atoms with Gasteiger partial charge in [0.15, 0.2) is 0 Å². The molecule has 0 aliphatic heterocycles. The van der Waals surface area contributed by atoms with Gasteiger partial charge in [-0.2, -0.15) is 0 Å². The summed E-state index contributed by atoms with van der Waals surface area (Å²) in [7, 11) is 0. The van der Waals surface area contributed by atoms with E-state index in [0.717, 1.165) is 31.2 Å². The molecule has 3 rings (SSSR count). The van der Waals surface area contributed by atoms with E-state index in [1.807, 2.05) is 24.3 Å². The fourth-order valence-corrected chi connectivity index (χ4v) is 3.59. The first-order valence-electron chi connectivity index (χ1n) is 7.92. The van der Waals surface area contributed by atoms with Crippen molar-refractivity contribution in [1.29, 1.82) is 0 Å². The Labute approximate surface area is 143 Å². The van der Waals surface area contributed by atoms with Gasteiger partial charge in [0.05, 0.1) is 5.41 Å². The average molecular weight is 343 g/mol. The van der Waals surface area contributed by atoms with Gasteiger partial charge in [-0.15, -0.1) is 12.4 Å². The molecule has 122 valence electrons. The van der Waals surface area contributed by atoms with Crippen LogP contribution in [0.1, 0.15) is 44.1 Å². The van der Waals surface area contributed by atoms with Gasteiger partial charge in [-0.3, -0.25) is 4.79 Å². The quantitative estimate of drug-likeness (QED) is 0.861. The number of carbonyl (C=O) groups is 1. The molecule has 2 aliphatic rings. The largest absolute Gasteiger partial charge is 0.354 e. The number of nitrogens with one attached hydrogen (secondary N) is 1. The molecular formula is C17H24Cl2N2O. The second kappa shape index (κ2) is 7.20. The minimum Gasteiger partial charge on any atom is -0.354 e. The molecule has 0 spiro atoms. The third-order valence-electron chi connectivity index (χ3n) is 5.01. The van der Waals surface area contributed by atoms with Crippen LogP contribution in [0.3, 0.4) is 0 Å². The summed E-state index contributed by atoms with van der Waals surface area (Å²) in [5, 5.41) is 3.81. The Morgan fingerprint density at radius 2 is 1.86 bits per heavy atom. The Bertz CT molecular complexity index is 508. The van der Waals surface area contributed by atoms with E-state index in [4.69, 9.17) is 17.3 Å². The highest BCUT2D eigenvalue weighted by molar-refractivity contribution is 6.30. The van der Waals surface area contributed by atoms with Gasteiger partial charge in [-0.05, 0) is 49.3 Å². The van der Waals surface area contributed by atoms with E-state index >= 15 is 0 Å². The zero-order valence-electron chi connectivity index (χ0n) is 12.7. The van der Waals surface area contributed by atoms with Crippen LogP contribution in [0.5, 0.6) is 0 Å². The molecule has 0 radical (unpaired) electrons.